The van der Waals surface area contributed by atoms with Gasteiger partial charge in [-0.2, -0.15) is 0 Å². The zero-order valence-corrected chi connectivity index (χ0v) is 23.4. The van der Waals surface area contributed by atoms with Crippen LogP contribution in [0.15, 0.2) is 77.7 Å². The van der Waals surface area contributed by atoms with Crippen LogP contribution in [0.2, 0.25) is 5.02 Å². The lowest BCUT2D eigenvalue weighted by Crippen LogP contribution is -2.51. The number of nitrogens with zero attached hydrogens (tertiary/aromatic N) is 2. The van der Waals surface area contributed by atoms with Gasteiger partial charge in [-0.1, -0.05) is 48.4 Å². The van der Waals surface area contributed by atoms with Crippen LogP contribution in [-0.4, -0.2) is 51.9 Å². The van der Waals surface area contributed by atoms with Crippen molar-refractivity contribution in [3.05, 3.63) is 88.9 Å². The molecule has 10 heteroatoms. The van der Waals surface area contributed by atoms with Crippen molar-refractivity contribution >= 4 is 39.1 Å². The number of nitrogens with one attached hydrogen (secondary N) is 1. The van der Waals surface area contributed by atoms with Gasteiger partial charge in [0.05, 0.1) is 17.7 Å². The van der Waals surface area contributed by atoms with Gasteiger partial charge in [0.1, 0.15) is 18.3 Å². The first-order valence-electron chi connectivity index (χ1n) is 12.1. The van der Waals surface area contributed by atoms with Crippen molar-refractivity contribution in [1.29, 1.82) is 0 Å². The van der Waals surface area contributed by atoms with Gasteiger partial charge in [0, 0.05) is 18.6 Å². The second kappa shape index (κ2) is 12.8. The fraction of sp³-hybridized carbons (Fsp3) is 0.286. The third kappa shape index (κ3) is 6.85. The number of benzene rings is 3. The van der Waals surface area contributed by atoms with E-state index in [1.54, 1.807) is 68.6 Å². The van der Waals surface area contributed by atoms with Crippen molar-refractivity contribution in [1.82, 2.24) is 10.2 Å². The van der Waals surface area contributed by atoms with Gasteiger partial charge in [-0.15, -0.1) is 0 Å². The Morgan fingerprint density at radius 2 is 1.68 bits per heavy atom. The van der Waals surface area contributed by atoms with Gasteiger partial charge in [0.2, 0.25) is 11.8 Å². The first-order chi connectivity index (χ1) is 18.1. The molecule has 0 bridgehead atoms. The molecule has 2 amide bonds. The van der Waals surface area contributed by atoms with Crippen LogP contribution in [0.1, 0.15) is 24.5 Å². The van der Waals surface area contributed by atoms with Crippen LogP contribution in [0.25, 0.3) is 0 Å². The molecule has 1 atom stereocenters. The topological polar surface area (TPSA) is 96.0 Å². The summed E-state index contributed by atoms with van der Waals surface area (Å²) in [6.07, 6.45) is 0.334. The Morgan fingerprint density at radius 3 is 2.26 bits per heavy atom. The van der Waals surface area contributed by atoms with Gasteiger partial charge in [-0.05, 0) is 67.4 Å². The van der Waals surface area contributed by atoms with E-state index >= 15 is 0 Å². The Balaban J connectivity index is 2.05. The van der Waals surface area contributed by atoms with Crippen molar-refractivity contribution in [3.63, 3.8) is 0 Å². The maximum absolute atomic E-state index is 13.9. The summed E-state index contributed by atoms with van der Waals surface area (Å²) in [5.41, 5.74) is 1.91. The van der Waals surface area contributed by atoms with Crippen molar-refractivity contribution in [2.75, 3.05) is 25.0 Å². The summed E-state index contributed by atoms with van der Waals surface area (Å²) < 4.78 is 33.9. The average Bonchev–Trinajstić information content (AvgIpc) is 2.92. The summed E-state index contributed by atoms with van der Waals surface area (Å²) in [6, 6.07) is 19.0. The fourth-order valence-corrected chi connectivity index (χ4v) is 5.57. The second-order valence-corrected chi connectivity index (χ2v) is 11.0. The minimum absolute atomic E-state index is 0.0449. The minimum atomic E-state index is -4.13. The normalized spacial score (nSPS) is 11.9. The molecule has 3 aromatic carbocycles. The first kappa shape index (κ1) is 29.0. The van der Waals surface area contributed by atoms with E-state index in [1.807, 2.05) is 13.0 Å². The number of rotatable bonds is 11. The number of hydrogen-bond donors (Lipinski definition) is 1. The number of likely N-dealkylation sites (N-methyl/N-ethyl adjacent to an activating group) is 1. The summed E-state index contributed by atoms with van der Waals surface area (Å²) >= 11 is 6.05. The predicted octanol–water partition coefficient (Wildman–Crippen LogP) is 4.41. The molecule has 38 heavy (non-hydrogen) atoms. The van der Waals surface area contributed by atoms with Crippen molar-refractivity contribution in [3.8, 4) is 5.75 Å². The fourth-order valence-electron chi connectivity index (χ4n) is 4.03. The third-order valence-electron chi connectivity index (χ3n) is 6.12. The monoisotopic (exact) mass is 557 g/mol. The van der Waals surface area contributed by atoms with E-state index in [2.05, 4.69) is 5.32 Å². The number of ether oxygens (including phenoxy) is 1. The molecular formula is C28H32ClN3O5S. The number of halogens is 1. The molecule has 202 valence electrons. The van der Waals surface area contributed by atoms with Crippen LogP contribution >= 0.6 is 11.6 Å². The predicted molar refractivity (Wildman–Crippen MR) is 149 cm³/mol. The van der Waals surface area contributed by atoms with Crippen molar-refractivity contribution < 1.29 is 22.7 Å². The van der Waals surface area contributed by atoms with Crippen LogP contribution < -0.4 is 14.4 Å². The highest BCUT2D eigenvalue weighted by atomic mass is 35.5. The summed E-state index contributed by atoms with van der Waals surface area (Å²) in [5, 5.41) is 3.04. The van der Waals surface area contributed by atoms with Gasteiger partial charge >= 0.3 is 0 Å². The van der Waals surface area contributed by atoms with Gasteiger partial charge in [-0.3, -0.25) is 13.9 Å². The lowest BCUT2D eigenvalue weighted by atomic mass is 10.1. The quantitative estimate of drug-likeness (QED) is 0.377. The van der Waals surface area contributed by atoms with Gasteiger partial charge in [0.25, 0.3) is 10.0 Å². The standard InChI is InChI=1S/C28H32ClN3O5S/c1-5-26(28(34)30-3)31(18-21-7-6-8-24(17-21)37-4)27(33)19-32(23-13-11-22(29)12-14-23)38(35,36)25-15-9-20(2)10-16-25/h6-17,26H,5,18-19H2,1-4H3,(H,30,34). The summed E-state index contributed by atoms with van der Waals surface area (Å²) in [6.45, 7) is 3.22. The number of aryl methyl sites for hydroxylation is 1. The molecule has 0 fully saturated rings. The van der Waals surface area contributed by atoms with E-state index in [-0.39, 0.29) is 23.0 Å². The number of hydrogen-bond acceptors (Lipinski definition) is 5. The molecule has 1 unspecified atom stereocenters. The van der Waals surface area contributed by atoms with Gasteiger partial charge in [-0.25, -0.2) is 8.42 Å². The Bertz CT molecular complexity index is 1360. The molecule has 3 rings (SSSR count). The smallest absolute Gasteiger partial charge is 0.264 e. The maximum Gasteiger partial charge on any atom is 0.264 e. The van der Waals surface area contributed by atoms with E-state index in [9.17, 15) is 18.0 Å². The Morgan fingerprint density at radius 1 is 1.03 bits per heavy atom. The minimum Gasteiger partial charge on any atom is -0.497 e. The molecule has 0 spiro atoms. The van der Waals surface area contributed by atoms with Crippen LogP contribution in [0.3, 0.4) is 0 Å². The number of anilines is 1. The van der Waals surface area contributed by atoms with E-state index in [4.69, 9.17) is 16.3 Å². The number of carbonyl (C=O) groups is 2. The Labute approximate surface area is 229 Å². The molecule has 0 saturated carbocycles. The molecule has 0 aliphatic carbocycles. The van der Waals surface area contributed by atoms with Crippen LogP contribution in [0.4, 0.5) is 5.69 Å². The number of amides is 2. The van der Waals surface area contributed by atoms with E-state index in [1.165, 1.54) is 24.1 Å². The highest BCUT2D eigenvalue weighted by molar-refractivity contribution is 7.92. The highest BCUT2D eigenvalue weighted by Gasteiger charge is 2.33. The van der Waals surface area contributed by atoms with E-state index in [0.29, 0.717) is 17.2 Å². The second-order valence-electron chi connectivity index (χ2n) is 8.71. The zero-order chi connectivity index (χ0) is 27.9. The molecule has 8 nitrogen and oxygen atoms in total. The number of methoxy groups -OCH3 is 1. The van der Waals surface area contributed by atoms with E-state index < -0.39 is 28.5 Å². The average molecular weight is 558 g/mol. The van der Waals surface area contributed by atoms with Gasteiger partial charge in [0.15, 0.2) is 0 Å². The number of sulfonamides is 1. The summed E-state index contributed by atoms with van der Waals surface area (Å²) in [7, 11) is -1.09. The van der Waals surface area contributed by atoms with E-state index in [0.717, 1.165) is 15.4 Å². The van der Waals surface area contributed by atoms with Gasteiger partial charge < -0.3 is 15.0 Å². The third-order valence-corrected chi connectivity index (χ3v) is 8.16. The number of carbonyl (C=O) groups excluding carboxylic acids is 2. The summed E-state index contributed by atoms with van der Waals surface area (Å²) in [5.74, 6) is -0.273. The first-order valence-corrected chi connectivity index (χ1v) is 13.9. The van der Waals surface area contributed by atoms with Crippen LogP contribution in [0.5, 0.6) is 5.75 Å². The maximum atomic E-state index is 13.9. The molecule has 0 saturated heterocycles. The highest BCUT2D eigenvalue weighted by Crippen LogP contribution is 2.26. The zero-order valence-electron chi connectivity index (χ0n) is 21.8. The van der Waals surface area contributed by atoms with Crippen molar-refractivity contribution in [2.24, 2.45) is 0 Å². The van der Waals surface area contributed by atoms with Crippen LogP contribution in [-0.2, 0) is 26.2 Å². The molecule has 0 heterocycles. The molecule has 0 aromatic heterocycles. The molecule has 1 N–H and O–H groups in total. The summed E-state index contributed by atoms with van der Waals surface area (Å²) in [4.78, 5) is 28.1. The largest absolute Gasteiger partial charge is 0.497 e. The Hall–Kier alpha value is -3.56. The molecular weight excluding hydrogens is 526 g/mol. The van der Waals surface area contributed by atoms with Crippen LogP contribution in [0, 0.1) is 6.92 Å². The molecule has 0 aliphatic heterocycles. The SMILES string of the molecule is CCC(C(=O)NC)N(Cc1cccc(OC)c1)C(=O)CN(c1ccc(Cl)cc1)S(=O)(=O)c1ccc(C)cc1. The molecule has 0 radical (unpaired) electrons. The lowest BCUT2D eigenvalue weighted by molar-refractivity contribution is -0.140. The van der Waals surface area contributed by atoms with Crippen molar-refractivity contribution in [2.45, 2.75) is 37.8 Å². The lowest BCUT2D eigenvalue weighted by Gasteiger charge is -2.33. The molecule has 3 aromatic rings. The Kier molecular flexibility index (Phi) is 9.77. The molecule has 0 aliphatic rings.